The van der Waals surface area contributed by atoms with Crippen LogP contribution >= 0.6 is 11.3 Å². The molecule has 0 aliphatic carbocycles. The van der Waals surface area contributed by atoms with Crippen molar-refractivity contribution in [3.8, 4) is 11.5 Å². The predicted molar refractivity (Wildman–Crippen MR) is 137 cm³/mol. The van der Waals surface area contributed by atoms with Crippen molar-refractivity contribution < 1.29 is 14.3 Å². The number of amides is 1. The van der Waals surface area contributed by atoms with E-state index < -0.39 is 0 Å². The Hall–Kier alpha value is -3.62. The lowest BCUT2D eigenvalue weighted by Crippen LogP contribution is -2.45. The van der Waals surface area contributed by atoms with Gasteiger partial charge >= 0.3 is 0 Å². The summed E-state index contributed by atoms with van der Waals surface area (Å²) in [6.45, 7) is 5.51. The van der Waals surface area contributed by atoms with Crippen molar-refractivity contribution in [2.24, 2.45) is 0 Å². The fourth-order valence-corrected chi connectivity index (χ4v) is 5.52. The molecule has 8 heteroatoms. The molecular weight excluding hydrogens is 460 g/mol. The summed E-state index contributed by atoms with van der Waals surface area (Å²) in [5.41, 5.74) is 3.92. The minimum Gasteiger partial charge on any atom is -0.454 e. The molecule has 3 aromatic carbocycles. The number of fused-ring (bicyclic) bond motifs is 2. The minimum absolute atomic E-state index is 0.0668. The number of nitrogens with one attached hydrogen (secondary N) is 1. The van der Waals surface area contributed by atoms with Gasteiger partial charge in [0.1, 0.15) is 0 Å². The molecule has 0 bridgehead atoms. The third kappa shape index (κ3) is 4.80. The highest BCUT2D eigenvalue weighted by Gasteiger charge is 2.21. The Morgan fingerprint density at radius 3 is 2.60 bits per heavy atom. The van der Waals surface area contributed by atoms with E-state index in [0.29, 0.717) is 18.9 Å². The predicted octanol–water partition coefficient (Wildman–Crippen LogP) is 4.28. The molecule has 0 spiro atoms. The maximum absolute atomic E-state index is 12.7. The van der Waals surface area contributed by atoms with Crippen LogP contribution in [0.2, 0.25) is 0 Å². The van der Waals surface area contributed by atoms with Gasteiger partial charge in [-0.05, 0) is 41.5 Å². The van der Waals surface area contributed by atoms with Crippen molar-refractivity contribution in [1.29, 1.82) is 0 Å². The molecule has 0 unspecified atom stereocenters. The first-order valence-electron chi connectivity index (χ1n) is 11.8. The van der Waals surface area contributed by atoms with Gasteiger partial charge < -0.3 is 19.7 Å². The van der Waals surface area contributed by atoms with E-state index in [-0.39, 0.29) is 5.91 Å². The van der Waals surface area contributed by atoms with E-state index in [0.717, 1.165) is 65.1 Å². The monoisotopic (exact) mass is 486 g/mol. The lowest BCUT2D eigenvalue weighted by Gasteiger charge is -2.34. The smallest absolute Gasteiger partial charge is 0.251 e. The van der Waals surface area contributed by atoms with Gasteiger partial charge in [-0.2, -0.15) is 0 Å². The summed E-state index contributed by atoms with van der Waals surface area (Å²) in [4.78, 5) is 22.3. The van der Waals surface area contributed by atoms with E-state index in [1.807, 2.05) is 54.6 Å². The van der Waals surface area contributed by atoms with E-state index in [1.54, 1.807) is 11.3 Å². The van der Waals surface area contributed by atoms with Crippen LogP contribution in [0.3, 0.4) is 0 Å². The molecule has 2 aliphatic rings. The van der Waals surface area contributed by atoms with Crippen LogP contribution in [-0.2, 0) is 13.1 Å². The van der Waals surface area contributed by atoms with Crippen molar-refractivity contribution in [2.75, 3.05) is 37.9 Å². The topological polar surface area (TPSA) is 66.9 Å². The zero-order valence-corrected chi connectivity index (χ0v) is 20.1. The number of rotatable bonds is 6. The summed E-state index contributed by atoms with van der Waals surface area (Å²) in [6, 6.07) is 21.9. The number of nitrogens with zero attached hydrogens (tertiary/aromatic N) is 3. The largest absolute Gasteiger partial charge is 0.454 e. The number of benzene rings is 3. The third-order valence-corrected chi connectivity index (χ3v) is 7.50. The maximum atomic E-state index is 12.7. The molecule has 1 N–H and O–H groups in total. The molecule has 0 saturated carbocycles. The quantitative estimate of drug-likeness (QED) is 0.439. The molecular formula is C27H26N4O3S. The van der Waals surface area contributed by atoms with Crippen molar-refractivity contribution >= 4 is 32.6 Å². The normalized spacial score (nSPS) is 15.5. The zero-order chi connectivity index (χ0) is 23.6. The van der Waals surface area contributed by atoms with Gasteiger partial charge in [0.25, 0.3) is 5.91 Å². The Labute approximate surface area is 207 Å². The Bertz CT molecular complexity index is 1350. The Morgan fingerprint density at radius 2 is 1.74 bits per heavy atom. The molecule has 1 aromatic heterocycles. The van der Waals surface area contributed by atoms with E-state index >= 15 is 0 Å². The van der Waals surface area contributed by atoms with Crippen LogP contribution in [0, 0.1) is 0 Å². The van der Waals surface area contributed by atoms with Crippen LogP contribution in [-0.4, -0.2) is 48.8 Å². The van der Waals surface area contributed by atoms with Gasteiger partial charge in [-0.25, -0.2) is 4.98 Å². The van der Waals surface area contributed by atoms with Crippen LogP contribution < -0.4 is 19.7 Å². The highest BCUT2D eigenvalue weighted by atomic mass is 32.1. The summed E-state index contributed by atoms with van der Waals surface area (Å²) in [5, 5.41) is 4.02. The second-order valence-corrected chi connectivity index (χ2v) is 9.81. The van der Waals surface area contributed by atoms with Gasteiger partial charge in [-0.15, -0.1) is 0 Å². The molecule has 178 valence electrons. The number of ether oxygens (including phenoxy) is 2. The molecule has 0 atom stereocenters. The van der Waals surface area contributed by atoms with Crippen molar-refractivity contribution in [3.63, 3.8) is 0 Å². The molecule has 1 fully saturated rings. The highest BCUT2D eigenvalue weighted by molar-refractivity contribution is 7.22. The van der Waals surface area contributed by atoms with Crippen LogP contribution in [0.4, 0.5) is 5.13 Å². The van der Waals surface area contributed by atoms with E-state index in [1.165, 1.54) is 5.56 Å². The Balaban J connectivity index is 1.07. The van der Waals surface area contributed by atoms with Crippen LogP contribution in [0.15, 0.2) is 66.7 Å². The average molecular weight is 487 g/mol. The number of aromatic nitrogens is 1. The number of piperazine rings is 1. The molecule has 1 amide bonds. The fraction of sp³-hybridized carbons (Fsp3) is 0.259. The molecule has 6 rings (SSSR count). The van der Waals surface area contributed by atoms with Crippen LogP contribution in [0.5, 0.6) is 11.5 Å². The number of carbonyl (C=O) groups is 1. The zero-order valence-electron chi connectivity index (χ0n) is 19.3. The van der Waals surface area contributed by atoms with E-state index in [9.17, 15) is 4.79 Å². The lowest BCUT2D eigenvalue weighted by atomic mass is 10.1. The first-order chi connectivity index (χ1) is 17.2. The fourth-order valence-electron chi connectivity index (χ4n) is 4.46. The molecule has 2 aliphatic heterocycles. The SMILES string of the molecule is O=C(NCc1ccccc1)c1ccc2nc(N3CCN(Cc4ccc5c(c4)OCO5)CC3)sc2c1. The van der Waals surface area contributed by atoms with Gasteiger partial charge in [0.05, 0.1) is 10.2 Å². The molecule has 35 heavy (non-hydrogen) atoms. The van der Waals surface area contributed by atoms with Gasteiger partial charge in [0.15, 0.2) is 16.6 Å². The standard InChI is InChI=1S/C27H26N4O3S/c32-26(28-16-19-4-2-1-3-5-19)21-7-8-22-25(15-21)35-27(29-22)31-12-10-30(11-13-31)17-20-6-9-23-24(14-20)34-18-33-23/h1-9,14-15H,10-13,16-18H2,(H,28,32). The number of carbonyl (C=O) groups excluding carboxylic acids is 1. The average Bonchev–Trinajstić information content (AvgIpc) is 3.54. The summed E-state index contributed by atoms with van der Waals surface area (Å²) in [5.74, 6) is 1.60. The molecule has 4 aromatic rings. The molecule has 7 nitrogen and oxygen atoms in total. The van der Waals surface area contributed by atoms with Crippen molar-refractivity contribution in [3.05, 3.63) is 83.4 Å². The highest BCUT2D eigenvalue weighted by Crippen LogP contribution is 2.33. The van der Waals surface area contributed by atoms with E-state index in [2.05, 4.69) is 27.2 Å². The van der Waals surface area contributed by atoms with Crippen LogP contribution in [0.25, 0.3) is 10.2 Å². The second-order valence-electron chi connectivity index (χ2n) is 8.80. The summed E-state index contributed by atoms with van der Waals surface area (Å²) < 4.78 is 12.0. The van der Waals surface area contributed by atoms with Gasteiger partial charge in [-0.1, -0.05) is 47.7 Å². The maximum Gasteiger partial charge on any atom is 0.251 e. The van der Waals surface area contributed by atoms with Crippen molar-refractivity contribution in [1.82, 2.24) is 15.2 Å². The summed E-state index contributed by atoms with van der Waals surface area (Å²) in [6.07, 6.45) is 0. The van der Waals surface area contributed by atoms with Crippen molar-refractivity contribution in [2.45, 2.75) is 13.1 Å². The number of hydrogen-bond donors (Lipinski definition) is 1. The number of hydrogen-bond acceptors (Lipinski definition) is 7. The second kappa shape index (κ2) is 9.56. The summed E-state index contributed by atoms with van der Waals surface area (Å²) in [7, 11) is 0. The third-order valence-electron chi connectivity index (χ3n) is 6.42. The van der Waals surface area contributed by atoms with Gasteiger partial charge in [0.2, 0.25) is 6.79 Å². The minimum atomic E-state index is -0.0668. The van der Waals surface area contributed by atoms with E-state index in [4.69, 9.17) is 14.5 Å². The lowest BCUT2D eigenvalue weighted by molar-refractivity contribution is 0.0951. The first-order valence-corrected chi connectivity index (χ1v) is 12.6. The Morgan fingerprint density at radius 1 is 0.914 bits per heavy atom. The summed E-state index contributed by atoms with van der Waals surface area (Å²) >= 11 is 1.65. The number of thiazole rings is 1. The Kier molecular flexibility index (Phi) is 5.98. The molecule has 0 radical (unpaired) electrons. The van der Waals surface area contributed by atoms with Gasteiger partial charge in [-0.3, -0.25) is 9.69 Å². The van der Waals surface area contributed by atoms with Crippen LogP contribution in [0.1, 0.15) is 21.5 Å². The van der Waals surface area contributed by atoms with Gasteiger partial charge in [0, 0.05) is 44.8 Å². The number of anilines is 1. The first kappa shape index (κ1) is 21.9. The molecule has 1 saturated heterocycles. The molecule has 3 heterocycles.